The number of sulfonamides is 1. The quantitative estimate of drug-likeness (QED) is 0.877. The van der Waals surface area contributed by atoms with Gasteiger partial charge >= 0.3 is 0 Å². The largest absolute Gasteiger partial charge is 0.358 e. The number of nitrogens with one attached hydrogen (secondary N) is 1. The molecule has 1 aliphatic heterocycles. The van der Waals surface area contributed by atoms with E-state index in [1.165, 1.54) is 11.4 Å². The molecule has 26 heavy (non-hydrogen) atoms. The van der Waals surface area contributed by atoms with Crippen molar-refractivity contribution in [2.75, 3.05) is 7.05 Å². The number of nitrogens with zero attached hydrogens (tertiary/aromatic N) is 1. The van der Waals surface area contributed by atoms with E-state index in [1.54, 1.807) is 12.1 Å². The van der Waals surface area contributed by atoms with Gasteiger partial charge in [-0.25, -0.2) is 8.42 Å². The lowest BCUT2D eigenvalue weighted by atomic mass is 9.95. The lowest BCUT2D eigenvalue weighted by Crippen LogP contribution is -2.51. The van der Waals surface area contributed by atoms with Gasteiger partial charge in [-0.2, -0.15) is 4.31 Å². The van der Waals surface area contributed by atoms with Gasteiger partial charge in [0.1, 0.15) is 6.04 Å². The third kappa shape index (κ3) is 3.52. The molecule has 1 N–H and O–H groups in total. The molecule has 0 bridgehead atoms. The Morgan fingerprint density at radius 2 is 1.77 bits per heavy atom. The van der Waals surface area contributed by atoms with E-state index in [1.807, 2.05) is 36.4 Å². The summed E-state index contributed by atoms with van der Waals surface area (Å²) in [6, 6.07) is 13.9. The average Bonchev–Trinajstić information content (AvgIpc) is 2.67. The standard InChI is InChI=1S/C20H24N2O3S/c1-3-6-15-9-11-18(12-10-15)26(24,25)22-14-17-8-5-4-7-16(17)13-19(22)20(23)21-2/h4-5,7-12,19H,3,6,13-14H2,1-2H3,(H,21,23)/t19-/m1/s1. The summed E-state index contributed by atoms with van der Waals surface area (Å²) in [6.45, 7) is 2.29. The average molecular weight is 372 g/mol. The first-order chi connectivity index (χ1) is 12.5. The monoisotopic (exact) mass is 372 g/mol. The molecule has 6 heteroatoms. The van der Waals surface area contributed by atoms with E-state index >= 15 is 0 Å². The molecule has 1 aliphatic rings. The minimum atomic E-state index is -3.77. The van der Waals surface area contributed by atoms with Crippen molar-refractivity contribution in [2.24, 2.45) is 0 Å². The highest BCUT2D eigenvalue weighted by molar-refractivity contribution is 7.89. The Labute approximate surface area is 155 Å². The number of fused-ring (bicyclic) bond motifs is 1. The van der Waals surface area contributed by atoms with Gasteiger partial charge in [0.05, 0.1) is 4.90 Å². The number of aryl methyl sites for hydroxylation is 1. The molecule has 0 spiro atoms. The molecule has 0 radical (unpaired) electrons. The Hall–Kier alpha value is -2.18. The minimum Gasteiger partial charge on any atom is -0.358 e. The van der Waals surface area contributed by atoms with Gasteiger partial charge < -0.3 is 5.32 Å². The second kappa shape index (κ2) is 7.60. The Morgan fingerprint density at radius 1 is 1.12 bits per heavy atom. The number of rotatable bonds is 5. The number of hydrogen-bond donors (Lipinski definition) is 1. The summed E-state index contributed by atoms with van der Waals surface area (Å²) < 4.78 is 27.8. The number of carbonyl (C=O) groups excluding carboxylic acids is 1. The molecule has 0 aliphatic carbocycles. The van der Waals surface area contributed by atoms with Gasteiger partial charge in [0.2, 0.25) is 15.9 Å². The molecule has 0 unspecified atom stereocenters. The van der Waals surface area contributed by atoms with E-state index in [9.17, 15) is 13.2 Å². The number of benzene rings is 2. The molecule has 138 valence electrons. The fraction of sp³-hybridized carbons (Fsp3) is 0.350. The first-order valence-corrected chi connectivity index (χ1v) is 10.3. The van der Waals surface area contributed by atoms with Gasteiger partial charge in [0, 0.05) is 13.6 Å². The van der Waals surface area contributed by atoms with Crippen LogP contribution < -0.4 is 5.32 Å². The zero-order chi connectivity index (χ0) is 18.7. The summed E-state index contributed by atoms with van der Waals surface area (Å²) in [6.07, 6.45) is 2.30. The molecule has 0 aromatic heterocycles. The first kappa shape index (κ1) is 18.6. The molecule has 0 saturated heterocycles. The number of likely N-dealkylation sites (N-methyl/N-ethyl adjacent to an activating group) is 1. The van der Waals surface area contributed by atoms with Crippen LogP contribution in [0.15, 0.2) is 53.4 Å². The molecular formula is C20H24N2O3S. The van der Waals surface area contributed by atoms with Crippen molar-refractivity contribution in [1.29, 1.82) is 0 Å². The van der Waals surface area contributed by atoms with Crippen LogP contribution in [0.1, 0.15) is 30.0 Å². The normalized spacial score (nSPS) is 17.5. The summed E-state index contributed by atoms with van der Waals surface area (Å²) in [4.78, 5) is 12.6. The minimum absolute atomic E-state index is 0.202. The molecule has 2 aromatic carbocycles. The number of hydrogen-bond acceptors (Lipinski definition) is 3. The summed E-state index contributed by atoms with van der Waals surface area (Å²) in [7, 11) is -2.23. The Balaban J connectivity index is 1.99. The van der Waals surface area contributed by atoms with Gasteiger partial charge in [-0.3, -0.25) is 4.79 Å². The smallest absolute Gasteiger partial charge is 0.244 e. The Morgan fingerprint density at radius 3 is 2.38 bits per heavy atom. The van der Waals surface area contributed by atoms with Crippen LogP contribution in [0.25, 0.3) is 0 Å². The molecule has 0 fully saturated rings. The third-order valence-electron chi connectivity index (χ3n) is 4.82. The lowest BCUT2D eigenvalue weighted by Gasteiger charge is -2.34. The van der Waals surface area contributed by atoms with Crippen LogP contribution in [0, 0.1) is 0 Å². The number of carbonyl (C=O) groups is 1. The van der Waals surface area contributed by atoms with Crippen molar-refractivity contribution in [2.45, 2.75) is 43.7 Å². The van der Waals surface area contributed by atoms with Crippen LogP contribution in [0.3, 0.4) is 0 Å². The highest BCUT2D eigenvalue weighted by atomic mass is 32.2. The van der Waals surface area contributed by atoms with Gasteiger partial charge in [0.15, 0.2) is 0 Å². The van der Waals surface area contributed by atoms with Crippen molar-refractivity contribution in [3.8, 4) is 0 Å². The van der Waals surface area contributed by atoms with Gasteiger partial charge in [-0.05, 0) is 41.7 Å². The Bertz CT molecular complexity index is 892. The van der Waals surface area contributed by atoms with E-state index in [0.717, 1.165) is 29.5 Å². The Kier molecular flexibility index (Phi) is 5.44. The van der Waals surface area contributed by atoms with Crippen molar-refractivity contribution >= 4 is 15.9 Å². The summed E-state index contributed by atoms with van der Waals surface area (Å²) in [5, 5.41) is 2.60. The number of amides is 1. The zero-order valence-electron chi connectivity index (χ0n) is 15.1. The topological polar surface area (TPSA) is 66.5 Å². The van der Waals surface area contributed by atoms with Gasteiger partial charge in [-0.1, -0.05) is 49.7 Å². The fourth-order valence-electron chi connectivity index (χ4n) is 3.39. The highest BCUT2D eigenvalue weighted by Crippen LogP contribution is 2.29. The van der Waals surface area contributed by atoms with E-state index in [4.69, 9.17) is 0 Å². The van der Waals surface area contributed by atoms with Crippen molar-refractivity contribution in [3.63, 3.8) is 0 Å². The van der Waals surface area contributed by atoms with Crippen LogP contribution >= 0.6 is 0 Å². The van der Waals surface area contributed by atoms with Crippen molar-refractivity contribution in [1.82, 2.24) is 9.62 Å². The first-order valence-electron chi connectivity index (χ1n) is 8.86. The summed E-state index contributed by atoms with van der Waals surface area (Å²) in [5.74, 6) is -0.286. The third-order valence-corrected chi connectivity index (χ3v) is 6.69. The zero-order valence-corrected chi connectivity index (χ0v) is 15.9. The highest BCUT2D eigenvalue weighted by Gasteiger charge is 2.39. The van der Waals surface area contributed by atoms with Crippen molar-refractivity contribution < 1.29 is 13.2 Å². The van der Waals surface area contributed by atoms with E-state index in [2.05, 4.69) is 12.2 Å². The molecule has 5 nitrogen and oxygen atoms in total. The predicted molar refractivity (Wildman–Crippen MR) is 101 cm³/mol. The maximum Gasteiger partial charge on any atom is 0.244 e. The lowest BCUT2D eigenvalue weighted by molar-refractivity contribution is -0.124. The molecular weight excluding hydrogens is 348 g/mol. The summed E-state index contributed by atoms with van der Waals surface area (Å²) in [5.41, 5.74) is 3.07. The molecule has 3 rings (SSSR count). The van der Waals surface area contributed by atoms with E-state index in [-0.39, 0.29) is 17.3 Å². The van der Waals surface area contributed by atoms with Gasteiger partial charge in [-0.15, -0.1) is 0 Å². The van der Waals surface area contributed by atoms with E-state index in [0.29, 0.717) is 6.42 Å². The second-order valence-corrected chi connectivity index (χ2v) is 8.44. The second-order valence-electron chi connectivity index (χ2n) is 6.55. The van der Waals surface area contributed by atoms with Crippen molar-refractivity contribution in [3.05, 3.63) is 65.2 Å². The molecule has 2 aromatic rings. The maximum atomic E-state index is 13.2. The molecule has 0 saturated carbocycles. The van der Waals surface area contributed by atoms with Crippen LogP contribution in [-0.4, -0.2) is 31.7 Å². The van der Waals surface area contributed by atoms with E-state index < -0.39 is 16.1 Å². The predicted octanol–water partition coefficient (Wildman–Crippen LogP) is 2.50. The molecule has 1 heterocycles. The molecule has 1 atom stereocenters. The fourth-order valence-corrected chi connectivity index (χ4v) is 4.96. The van der Waals surface area contributed by atoms with Crippen LogP contribution in [-0.2, 0) is 34.2 Å². The van der Waals surface area contributed by atoms with Gasteiger partial charge in [0.25, 0.3) is 0 Å². The summed E-state index contributed by atoms with van der Waals surface area (Å²) >= 11 is 0. The maximum absolute atomic E-state index is 13.2. The van der Waals surface area contributed by atoms with Crippen LogP contribution in [0.4, 0.5) is 0 Å². The van der Waals surface area contributed by atoms with Crippen LogP contribution in [0.5, 0.6) is 0 Å². The van der Waals surface area contributed by atoms with Crippen LogP contribution in [0.2, 0.25) is 0 Å². The SMILES string of the molecule is CCCc1ccc(S(=O)(=O)N2Cc3ccccc3C[C@@H]2C(=O)NC)cc1. The molecule has 1 amide bonds.